The molecule has 2 N–H and O–H groups in total. The van der Waals surface area contributed by atoms with E-state index in [1.807, 2.05) is 20.8 Å². The molecule has 0 bridgehead atoms. The Balaban J connectivity index is 2.29. The van der Waals surface area contributed by atoms with E-state index in [-0.39, 0.29) is 5.91 Å². The van der Waals surface area contributed by atoms with Gasteiger partial charge >= 0.3 is 0 Å². The summed E-state index contributed by atoms with van der Waals surface area (Å²) in [6.45, 7) is 8.46. The lowest BCUT2D eigenvalue weighted by atomic mass is 9.92. The van der Waals surface area contributed by atoms with E-state index >= 15 is 0 Å². The third kappa shape index (κ3) is 2.27. The Kier molecular flexibility index (Phi) is 3.43. The van der Waals surface area contributed by atoms with Crippen LogP contribution in [0.15, 0.2) is 0 Å². The molecule has 0 saturated carbocycles. The highest BCUT2D eigenvalue weighted by Crippen LogP contribution is 2.23. The molecule has 0 atom stereocenters. The molecular weight excluding hydrogens is 228 g/mol. The van der Waals surface area contributed by atoms with E-state index < -0.39 is 5.41 Å². The van der Waals surface area contributed by atoms with Gasteiger partial charge in [0.25, 0.3) is 0 Å². The van der Waals surface area contributed by atoms with Crippen molar-refractivity contribution in [1.29, 1.82) is 0 Å². The smallest absolute Gasteiger partial charge is 0.227 e. The molecule has 2 rings (SSSR count). The molecular formula is C13H22N4O. The first kappa shape index (κ1) is 13.1. The molecule has 0 spiro atoms. The number of aromatic nitrogens is 2. The van der Waals surface area contributed by atoms with Crippen LogP contribution in [-0.2, 0) is 24.3 Å². The van der Waals surface area contributed by atoms with Gasteiger partial charge in [0.2, 0.25) is 5.91 Å². The van der Waals surface area contributed by atoms with Gasteiger partial charge < -0.3 is 15.2 Å². The topological polar surface area (TPSA) is 59.0 Å². The Morgan fingerprint density at radius 3 is 2.94 bits per heavy atom. The maximum Gasteiger partial charge on any atom is 0.227 e. The van der Waals surface area contributed by atoms with E-state index in [1.165, 1.54) is 5.69 Å². The van der Waals surface area contributed by atoms with Gasteiger partial charge in [0, 0.05) is 38.8 Å². The number of hydrogen-bond acceptors (Lipinski definition) is 3. The summed E-state index contributed by atoms with van der Waals surface area (Å²) < 4.78 is 2.20. The van der Waals surface area contributed by atoms with Crippen LogP contribution in [0.2, 0.25) is 0 Å². The van der Waals surface area contributed by atoms with Crippen molar-refractivity contribution in [2.75, 3.05) is 13.6 Å². The standard InChI is InChI=1S/C13H22N4O/c1-9-16-10-7-15-6-5-11(10)17(9)8-13(2,3)12(18)14-4/h15H,5-8H2,1-4H3,(H,14,18). The number of hydrogen-bond donors (Lipinski definition) is 2. The van der Waals surface area contributed by atoms with Gasteiger partial charge in [0.05, 0.1) is 11.1 Å². The maximum atomic E-state index is 11.9. The van der Waals surface area contributed by atoms with Crippen LogP contribution in [0, 0.1) is 12.3 Å². The Bertz CT molecular complexity index is 462. The molecule has 5 heteroatoms. The van der Waals surface area contributed by atoms with Gasteiger partial charge in [-0.3, -0.25) is 4.79 Å². The summed E-state index contributed by atoms with van der Waals surface area (Å²) >= 11 is 0. The monoisotopic (exact) mass is 250 g/mol. The van der Waals surface area contributed by atoms with Crippen molar-refractivity contribution in [2.24, 2.45) is 5.41 Å². The lowest BCUT2D eigenvalue weighted by Crippen LogP contribution is -2.38. The van der Waals surface area contributed by atoms with Crippen molar-refractivity contribution in [3.05, 3.63) is 17.2 Å². The fraction of sp³-hybridized carbons (Fsp3) is 0.692. The molecule has 0 saturated heterocycles. The number of carbonyl (C=O) groups is 1. The van der Waals surface area contributed by atoms with Gasteiger partial charge in [-0.2, -0.15) is 0 Å². The minimum absolute atomic E-state index is 0.0679. The molecule has 0 unspecified atom stereocenters. The highest BCUT2D eigenvalue weighted by atomic mass is 16.2. The zero-order valence-electron chi connectivity index (χ0n) is 11.6. The second-order valence-corrected chi connectivity index (χ2v) is 5.53. The molecule has 18 heavy (non-hydrogen) atoms. The average Bonchev–Trinajstić information content (AvgIpc) is 2.65. The van der Waals surface area contributed by atoms with Crippen molar-refractivity contribution >= 4 is 5.91 Å². The second-order valence-electron chi connectivity index (χ2n) is 5.53. The first-order chi connectivity index (χ1) is 8.45. The van der Waals surface area contributed by atoms with Gasteiger partial charge in [-0.1, -0.05) is 0 Å². The number of aryl methyl sites for hydroxylation is 1. The Hall–Kier alpha value is -1.36. The van der Waals surface area contributed by atoms with E-state index in [0.29, 0.717) is 6.54 Å². The van der Waals surface area contributed by atoms with Crippen LogP contribution >= 0.6 is 0 Å². The number of carbonyl (C=O) groups excluding carboxylic acids is 1. The summed E-state index contributed by atoms with van der Waals surface area (Å²) in [5, 5.41) is 6.06. The first-order valence-corrected chi connectivity index (χ1v) is 6.43. The largest absolute Gasteiger partial charge is 0.359 e. The summed E-state index contributed by atoms with van der Waals surface area (Å²) in [6, 6.07) is 0. The normalized spacial score (nSPS) is 15.3. The zero-order chi connectivity index (χ0) is 13.3. The van der Waals surface area contributed by atoms with E-state index in [0.717, 1.165) is 31.0 Å². The average molecular weight is 250 g/mol. The summed E-state index contributed by atoms with van der Waals surface area (Å²) in [4.78, 5) is 16.5. The molecule has 2 heterocycles. The lowest BCUT2D eigenvalue weighted by Gasteiger charge is -2.26. The van der Waals surface area contributed by atoms with E-state index in [4.69, 9.17) is 0 Å². The number of nitrogens with one attached hydrogen (secondary N) is 2. The van der Waals surface area contributed by atoms with Gasteiger partial charge in [-0.25, -0.2) is 4.98 Å². The van der Waals surface area contributed by atoms with Crippen LogP contribution in [0.3, 0.4) is 0 Å². The highest BCUT2D eigenvalue weighted by Gasteiger charge is 2.29. The van der Waals surface area contributed by atoms with Gasteiger partial charge in [0.15, 0.2) is 0 Å². The molecule has 0 aromatic carbocycles. The fourth-order valence-corrected chi connectivity index (χ4v) is 2.52. The number of imidazole rings is 1. The van der Waals surface area contributed by atoms with Crippen LogP contribution in [0.25, 0.3) is 0 Å². The number of nitrogens with zero attached hydrogens (tertiary/aromatic N) is 2. The van der Waals surface area contributed by atoms with Crippen LogP contribution < -0.4 is 10.6 Å². The molecule has 0 radical (unpaired) electrons. The van der Waals surface area contributed by atoms with Crippen molar-refractivity contribution in [2.45, 2.75) is 40.3 Å². The van der Waals surface area contributed by atoms with E-state index in [1.54, 1.807) is 7.05 Å². The first-order valence-electron chi connectivity index (χ1n) is 6.43. The van der Waals surface area contributed by atoms with E-state index in [2.05, 4.69) is 20.2 Å². The quantitative estimate of drug-likeness (QED) is 0.826. The molecule has 1 aromatic heterocycles. The van der Waals surface area contributed by atoms with Crippen molar-refractivity contribution in [3.8, 4) is 0 Å². The zero-order valence-corrected chi connectivity index (χ0v) is 11.6. The van der Waals surface area contributed by atoms with Crippen LogP contribution in [0.4, 0.5) is 0 Å². The fourth-order valence-electron chi connectivity index (χ4n) is 2.52. The number of fused-ring (bicyclic) bond motifs is 1. The van der Waals surface area contributed by atoms with Crippen molar-refractivity contribution < 1.29 is 4.79 Å². The second kappa shape index (κ2) is 4.72. The predicted octanol–water partition coefficient (Wildman–Crippen LogP) is 0.609. The van der Waals surface area contributed by atoms with E-state index in [9.17, 15) is 4.79 Å². The lowest BCUT2D eigenvalue weighted by molar-refractivity contribution is -0.129. The Labute approximate surface area is 108 Å². The Morgan fingerprint density at radius 2 is 2.28 bits per heavy atom. The predicted molar refractivity (Wildman–Crippen MR) is 70.2 cm³/mol. The van der Waals surface area contributed by atoms with Crippen molar-refractivity contribution in [3.63, 3.8) is 0 Å². The van der Waals surface area contributed by atoms with Gasteiger partial charge in [-0.15, -0.1) is 0 Å². The molecule has 0 fully saturated rings. The van der Waals surface area contributed by atoms with Crippen LogP contribution in [-0.4, -0.2) is 29.1 Å². The van der Waals surface area contributed by atoms with Crippen LogP contribution in [0.5, 0.6) is 0 Å². The molecule has 1 amide bonds. The third-order valence-corrected chi connectivity index (χ3v) is 3.57. The molecule has 1 aliphatic heterocycles. The molecule has 0 aliphatic carbocycles. The van der Waals surface area contributed by atoms with Gasteiger partial charge in [-0.05, 0) is 20.8 Å². The minimum Gasteiger partial charge on any atom is -0.359 e. The summed E-state index contributed by atoms with van der Waals surface area (Å²) in [5.41, 5.74) is 1.99. The van der Waals surface area contributed by atoms with Crippen LogP contribution in [0.1, 0.15) is 31.1 Å². The SMILES string of the molecule is CNC(=O)C(C)(C)Cn1c(C)nc2c1CCNC2. The van der Waals surface area contributed by atoms with Gasteiger partial charge in [0.1, 0.15) is 5.82 Å². The molecule has 5 nitrogen and oxygen atoms in total. The number of amides is 1. The summed E-state index contributed by atoms with van der Waals surface area (Å²) in [6.07, 6.45) is 0.986. The maximum absolute atomic E-state index is 11.9. The summed E-state index contributed by atoms with van der Waals surface area (Å²) in [5.74, 6) is 1.07. The third-order valence-electron chi connectivity index (χ3n) is 3.57. The Morgan fingerprint density at radius 1 is 1.56 bits per heavy atom. The minimum atomic E-state index is -0.418. The molecule has 1 aliphatic rings. The molecule has 1 aromatic rings. The summed E-state index contributed by atoms with van der Waals surface area (Å²) in [7, 11) is 1.68. The number of rotatable bonds is 3. The molecule has 100 valence electrons. The highest BCUT2D eigenvalue weighted by molar-refractivity contribution is 5.81. The van der Waals surface area contributed by atoms with Crippen molar-refractivity contribution in [1.82, 2.24) is 20.2 Å².